The minimum Gasteiger partial charge on any atom is -0.396 e. The predicted octanol–water partition coefficient (Wildman–Crippen LogP) is 1.48. The number of aromatic nitrogens is 3. The molecule has 0 amide bonds. The van der Waals surface area contributed by atoms with E-state index < -0.39 is 0 Å². The van der Waals surface area contributed by atoms with Crippen LogP contribution in [0, 0.1) is 0 Å². The van der Waals surface area contributed by atoms with E-state index in [1.165, 1.54) is 12.8 Å². The van der Waals surface area contributed by atoms with E-state index in [4.69, 9.17) is 5.11 Å². The van der Waals surface area contributed by atoms with E-state index in [0.717, 1.165) is 51.4 Å². The summed E-state index contributed by atoms with van der Waals surface area (Å²) in [6, 6.07) is 0. The summed E-state index contributed by atoms with van der Waals surface area (Å²) in [4.78, 5) is 15.6. The lowest BCUT2D eigenvalue weighted by atomic mass is 10.2. The summed E-state index contributed by atoms with van der Waals surface area (Å²) in [7, 11) is 0. The van der Waals surface area contributed by atoms with Gasteiger partial charge in [-0.05, 0) is 39.0 Å². The smallest absolute Gasteiger partial charge is 0.231 e. The maximum atomic E-state index is 8.77. The van der Waals surface area contributed by atoms with Crippen LogP contribution < -0.4 is 15.5 Å². The molecule has 0 aliphatic carbocycles. The topological polar surface area (TPSA) is 86.2 Å². The number of aliphatic hydroxyl groups is 1. The Morgan fingerprint density at radius 1 is 1.00 bits per heavy atom. The predicted molar refractivity (Wildman–Crippen MR) is 84.9 cm³/mol. The molecular weight excluding hydrogens is 268 g/mol. The Morgan fingerprint density at radius 2 is 1.71 bits per heavy atom. The number of aliphatic hydroxyl groups excluding tert-OH is 1. The molecule has 118 valence electrons. The molecule has 0 radical (unpaired) electrons. The molecule has 0 spiro atoms. The van der Waals surface area contributed by atoms with Crippen LogP contribution in [0.4, 0.5) is 17.8 Å². The van der Waals surface area contributed by atoms with Crippen molar-refractivity contribution >= 4 is 17.8 Å². The molecule has 7 heteroatoms. The summed E-state index contributed by atoms with van der Waals surface area (Å²) < 4.78 is 0. The lowest BCUT2D eigenvalue weighted by molar-refractivity contribution is 0.283. The summed E-state index contributed by atoms with van der Waals surface area (Å²) in [5.74, 6) is 2.02. The highest BCUT2D eigenvalue weighted by Gasteiger charge is 2.17. The number of hydrogen-bond donors (Lipinski definition) is 3. The first kappa shape index (κ1) is 15.8. The molecule has 1 aromatic rings. The fraction of sp³-hybridized carbons (Fsp3) is 0.786. The first-order valence-electron chi connectivity index (χ1n) is 7.93. The van der Waals surface area contributed by atoms with Crippen molar-refractivity contribution in [3.05, 3.63) is 0 Å². The fourth-order valence-electron chi connectivity index (χ4n) is 2.35. The lowest BCUT2D eigenvalue weighted by Crippen LogP contribution is -2.22. The molecule has 0 saturated carbocycles. The molecule has 2 rings (SSSR count). The van der Waals surface area contributed by atoms with Gasteiger partial charge in [0.1, 0.15) is 0 Å². The Morgan fingerprint density at radius 3 is 2.38 bits per heavy atom. The van der Waals surface area contributed by atoms with Gasteiger partial charge < -0.3 is 20.6 Å². The van der Waals surface area contributed by atoms with Crippen LogP contribution in [0.25, 0.3) is 0 Å². The molecule has 1 saturated heterocycles. The number of hydrogen-bond acceptors (Lipinski definition) is 7. The summed E-state index contributed by atoms with van der Waals surface area (Å²) in [5, 5.41) is 15.2. The Labute approximate surface area is 126 Å². The highest BCUT2D eigenvalue weighted by atomic mass is 16.2. The van der Waals surface area contributed by atoms with Crippen molar-refractivity contribution < 1.29 is 5.11 Å². The van der Waals surface area contributed by atoms with Gasteiger partial charge >= 0.3 is 0 Å². The molecule has 3 N–H and O–H groups in total. The summed E-state index contributed by atoms with van der Waals surface area (Å²) in [6.45, 7) is 5.93. The van der Waals surface area contributed by atoms with Crippen LogP contribution in [-0.2, 0) is 0 Å². The van der Waals surface area contributed by atoms with Crippen molar-refractivity contribution in [3.63, 3.8) is 0 Å². The normalized spacial score (nSPS) is 14.5. The fourth-order valence-corrected chi connectivity index (χ4v) is 2.35. The van der Waals surface area contributed by atoms with Gasteiger partial charge in [0.15, 0.2) is 0 Å². The van der Waals surface area contributed by atoms with E-state index in [9.17, 15) is 0 Å². The molecule has 1 fully saturated rings. The SMILES string of the molecule is CCNc1nc(NCCCCCO)nc(N2CCCC2)n1. The second-order valence-corrected chi connectivity index (χ2v) is 5.22. The van der Waals surface area contributed by atoms with Crippen molar-refractivity contribution in [2.75, 3.05) is 48.3 Å². The van der Waals surface area contributed by atoms with E-state index in [0.29, 0.717) is 11.9 Å². The monoisotopic (exact) mass is 294 g/mol. The summed E-state index contributed by atoms with van der Waals surface area (Å²) >= 11 is 0. The third-order valence-electron chi connectivity index (χ3n) is 3.47. The number of rotatable bonds is 9. The highest BCUT2D eigenvalue weighted by Crippen LogP contribution is 2.18. The van der Waals surface area contributed by atoms with E-state index in [1.54, 1.807) is 0 Å². The molecule has 0 unspecified atom stereocenters. The van der Waals surface area contributed by atoms with Gasteiger partial charge in [-0.1, -0.05) is 0 Å². The van der Waals surface area contributed by atoms with Gasteiger partial charge in [-0.2, -0.15) is 15.0 Å². The minimum absolute atomic E-state index is 0.259. The van der Waals surface area contributed by atoms with Crippen molar-refractivity contribution in [2.45, 2.75) is 39.0 Å². The first-order valence-corrected chi connectivity index (χ1v) is 7.93. The second kappa shape index (κ2) is 8.61. The van der Waals surface area contributed by atoms with Gasteiger partial charge in [0.25, 0.3) is 0 Å². The quantitative estimate of drug-likeness (QED) is 0.595. The van der Waals surface area contributed by atoms with Crippen LogP contribution in [0.15, 0.2) is 0 Å². The third-order valence-corrected chi connectivity index (χ3v) is 3.47. The van der Waals surface area contributed by atoms with Gasteiger partial charge in [0, 0.05) is 32.8 Å². The highest BCUT2D eigenvalue weighted by molar-refractivity contribution is 5.44. The Kier molecular flexibility index (Phi) is 6.46. The molecule has 1 aliphatic rings. The van der Waals surface area contributed by atoms with Crippen LogP contribution in [-0.4, -0.2) is 52.8 Å². The number of unbranched alkanes of at least 4 members (excludes halogenated alkanes) is 2. The van der Waals surface area contributed by atoms with Crippen LogP contribution in [0.5, 0.6) is 0 Å². The Balaban J connectivity index is 1.97. The molecular formula is C14H26N6O. The van der Waals surface area contributed by atoms with Crippen molar-refractivity contribution in [1.82, 2.24) is 15.0 Å². The maximum absolute atomic E-state index is 8.77. The molecule has 0 aromatic carbocycles. The molecule has 2 heterocycles. The number of nitrogens with zero attached hydrogens (tertiary/aromatic N) is 4. The van der Waals surface area contributed by atoms with Gasteiger partial charge in [-0.3, -0.25) is 0 Å². The van der Waals surface area contributed by atoms with Crippen LogP contribution >= 0.6 is 0 Å². The van der Waals surface area contributed by atoms with Crippen molar-refractivity contribution in [2.24, 2.45) is 0 Å². The molecule has 1 aromatic heterocycles. The van der Waals surface area contributed by atoms with E-state index >= 15 is 0 Å². The van der Waals surface area contributed by atoms with Crippen LogP contribution in [0.3, 0.4) is 0 Å². The maximum Gasteiger partial charge on any atom is 0.231 e. The van der Waals surface area contributed by atoms with E-state index in [2.05, 4.69) is 30.5 Å². The Bertz CT molecular complexity index is 422. The molecule has 7 nitrogen and oxygen atoms in total. The largest absolute Gasteiger partial charge is 0.396 e. The molecule has 21 heavy (non-hydrogen) atoms. The zero-order valence-electron chi connectivity index (χ0n) is 12.8. The number of nitrogens with one attached hydrogen (secondary N) is 2. The summed E-state index contributed by atoms with van der Waals surface area (Å²) in [5.41, 5.74) is 0. The van der Waals surface area contributed by atoms with Gasteiger partial charge in [0.2, 0.25) is 17.8 Å². The zero-order chi connectivity index (χ0) is 14.9. The molecule has 0 atom stereocenters. The molecule has 0 bridgehead atoms. The summed E-state index contributed by atoms with van der Waals surface area (Å²) in [6.07, 6.45) is 5.26. The molecule has 1 aliphatic heterocycles. The number of anilines is 3. The van der Waals surface area contributed by atoms with Crippen molar-refractivity contribution in [1.29, 1.82) is 0 Å². The van der Waals surface area contributed by atoms with Crippen LogP contribution in [0.2, 0.25) is 0 Å². The minimum atomic E-state index is 0.259. The van der Waals surface area contributed by atoms with Gasteiger partial charge in [-0.25, -0.2) is 0 Å². The van der Waals surface area contributed by atoms with E-state index in [-0.39, 0.29) is 6.61 Å². The van der Waals surface area contributed by atoms with E-state index in [1.807, 2.05) is 6.92 Å². The Hall–Kier alpha value is -1.63. The third kappa shape index (κ3) is 5.00. The van der Waals surface area contributed by atoms with Gasteiger partial charge in [0.05, 0.1) is 0 Å². The van der Waals surface area contributed by atoms with Gasteiger partial charge in [-0.15, -0.1) is 0 Å². The van der Waals surface area contributed by atoms with Crippen LogP contribution in [0.1, 0.15) is 39.0 Å². The standard InChI is InChI=1S/C14H26N6O/c1-2-15-12-17-13(16-8-4-3-7-11-21)19-14(18-12)20-9-5-6-10-20/h21H,2-11H2,1H3,(H2,15,16,17,18,19). The second-order valence-electron chi connectivity index (χ2n) is 5.22. The average Bonchev–Trinajstić information content (AvgIpc) is 3.01. The average molecular weight is 294 g/mol. The lowest BCUT2D eigenvalue weighted by Gasteiger charge is -2.17. The zero-order valence-corrected chi connectivity index (χ0v) is 12.8. The first-order chi connectivity index (χ1) is 10.3. The van der Waals surface area contributed by atoms with Crippen molar-refractivity contribution in [3.8, 4) is 0 Å².